The highest BCUT2D eigenvalue weighted by atomic mass is 35.5. The molecular weight excluding hydrogens is 393 g/mol. The second kappa shape index (κ2) is 8.82. The van der Waals surface area contributed by atoms with E-state index in [1.807, 2.05) is 0 Å². The average Bonchev–Trinajstić information content (AvgIpc) is 2.62. The zero-order chi connectivity index (χ0) is 20.2. The molecule has 0 fully saturated rings. The van der Waals surface area contributed by atoms with Gasteiger partial charge in [0.15, 0.2) is 0 Å². The molecule has 146 valence electrons. The first-order valence-electron chi connectivity index (χ1n) is 8.47. The molecule has 8 heteroatoms. The molecule has 2 aromatic rings. The Kier molecular flexibility index (Phi) is 6.97. The number of carbonyl (C=O) groups excluding carboxylic acids is 1. The lowest BCUT2D eigenvalue weighted by Gasteiger charge is -2.19. The van der Waals surface area contributed by atoms with Crippen LogP contribution in [0.2, 0.25) is 5.02 Å². The molecular formula is C19H21ClFNO4S. The van der Waals surface area contributed by atoms with Gasteiger partial charge in [0, 0.05) is 23.7 Å². The lowest BCUT2D eigenvalue weighted by atomic mass is 10.1. The van der Waals surface area contributed by atoms with Crippen molar-refractivity contribution in [3.05, 3.63) is 64.4 Å². The molecule has 1 unspecified atom stereocenters. The van der Waals surface area contributed by atoms with Crippen LogP contribution in [0.3, 0.4) is 0 Å². The summed E-state index contributed by atoms with van der Waals surface area (Å²) >= 11 is 6.08. The normalized spacial score (nSPS) is 12.8. The van der Waals surface area contributed by atoms with Gasteiger partial charge in [-0.15, -0.1) is 0 Å². The van der Waals surface area contributed by atoms with Crippen LogP contribution in [0.15, 0.2) is 47.4 Å². The van der Waals surface area contributed by atoms with E-state index in [1.54, 1.807) is 45.0 Å². The highest BCUT2D eigenvalue weighted by Crippen LogP contribution is 2.27. The Hall–Kier alpha value is -1.96. The minimum atomic E-state index is -3.82. The Morgan fingerprint density at radius 3 is 2.41 bits per heavy atom. The number of carbonyl (C=O) groups is 1. The van der Waals surface area contributed by atoms with Gasteiger partial charge in [0.05, 0.1) is 10.5 Å². The van der Waals surface area contributed by atoms with Crippen LogP contribution in [0, 0.1) is 5.82 Å². The highest BCUT2D eigenvalue weighted by molar-refractivity contribution is 7.89. The van der Waals surface area contributed by atoms with Crippen molar-refractivity contribution in [1.82, 2.24) is 4.31 Å². The number of halogens is 2. The summed E-state index contributed by atoms with van der Waals surface area (Å²) in [6, 6.07) is 9.91. The Balaban J connectivity index is 2.33. The van der Waals surface area contributed by atoms with E-state index in [1.165, 1.54) is 4.31 Å². The number of nitrogens with zero attached hydrogens (tertiary/aromatic N) is 1. The van der Waals surface area contributed by atoms with Crippen LogP contribution in [-0.2, 0) is 14.8 Å². The summed E-state index contributed by atoms with van der Waals surface area (Å²) in [6.45, 7) is 5.53. The van der Waals surface area contributed by atoms with Crippen LogP contribution >= 0.6 is 11.6 Å². The van der Waals surface area contributed by atoms with Gasteiger partial charge in [-0.2, -0.15) is 4.31 Å². The Morgan fingerprint density at radius 1 is 1.19 bits per heavy atom. The Bertz CT molecular complexity index is 929. The van der Waals surface area contributed by atoms with E-state index >= 15 is 0 Å². The molecule has 0 radical (unpaired) electrons. The molecule has 0 bridgehead atoms. The maximum atomic E-state index is 14.2. The van der Waals surface area contributed by atoms with Gasteiger partial charge in [0.2, 0.25) is 10.0 Å². The van der Waals surface area contributed by atoms with Crippen molar-refractivity contribution in [2.75, 3.05) is 13.1 Å². The molecule has 1 atom stereocenters. The van der Waals surface area contributed by atoms with Crippen LogP contribution in [-0.4, -0.2) is 31.8 Å². The molecule has 0 amide bonds. The lowest BCUT2D eigenvalue weighted by molar-refractivity contribution is 0.0332. The third kappa shape index (κ3) is 4.66. The summed E-state index contributed by atoms with van der Waals surface area (Å²) in [4.78, 5) is 12.3. The minimum Gasteiger partial charge on any atom is -0.454 e. The van der Waals surface area contributed by atoms with E-state index in [0.29, 0.717) is 10.6 Å². The van der Waals surface area contributed by atoms with Gasteiger partial charge in [-0.1, -0.05) is 43.6 Å². The number of sulfonamides is 1. The van der Waals surface area contributed by atoms with Gasteiger partial charge in [0.1, 0.15) is 11.9 Å². The molecule has 2 rings (SSSR count). The molecule has 0 heterocycles. The maximum absolute atomic E-state index is 14.2. The fourth-order valence-electron chi connectivity index (χ4n) is 2.63. The van der Waals surface area contributed by atoms with E-state index in [2.05, 4.69) is 0 Å². The molecule has 0 saturated heterocycles. The molecule has 0 aromatic heterocycles. The monoisotopic (exact) mass is 413 g/mol. The van der Waals surface area contributed by atoms with Crippen molar-refractivity contribution in [3.63, 3.8) is 0 Å². The number of ether oxygens (including phenoxy) is 1. The van der Waals surface area contributed by atoms with Gasteiger partial charge in [-0.25, -0.2) is 17.6 Å². The fourth-order valence-corrected chi connectivity index (χ4v) is 4.40. The summed E-state index contributed by atoms with van der Waals surface area (Å²) in [5.41, 5.74) is 0.127. The molecule has 0 saturated carbocycles. The molecule has 0 aliphatic heterocycles. The third-order valence-corrected chi connectivity index (χ3v) is 6.52. The van der Waals surface area contributed by atoms with Gasteiger partial charge < -0.3 is 4.74 Å². The second-order valence-corrected chi connectivity index (χ2v) is 8.15. The summed E-state index contributed by atoms with van der Waals surface area (Å²) in [6.07, 6.45) is -0.728. The summed E-state index contributed by atoms with van der Waals surface area (Å²) in [5, 5.41) is 0.413. The summed E-state index contributed by atoms with van der Waals surface area (Å²) < 4.78 is 45.9. The first kappa shape index (κ1) is 21.3. The standard InChI is InChI=1S/C19H21ClFNO4S/c1-4-22(5-2)27(24,25)14-10-11-18(21)16(12-14)19(23)26-13(3)15-8-6-7-9-17(15)20/h6-13H,4-5H2,1-3H3. The highest BCUT2D eigenvalue weighted by Gasteiger charge is 2.25. The third-order valence-electron chi connectivity index (χ3n) is 4.13. The van der Waals surface area contributed by atoms with Crippen LogP contribution in [0.25, 0.3) is 0 Å². The van der Waals surface area contributed by atoms with Gasteiger partial charge in [0.25, 0.3) is 0 Å². The smallest absolute Gasteiger partial charge is 0.341 e. The van der Waals surface area contributed by atoms with Crippen LogP contribution in [0.5, 0.6) is 0 Å². The van der Waals surface area contributed by atoms with Crippen LogP contribution in [0.1, 0.15) is 42.8 Å². The van der Waals surface area contributed by atoms with Gasteiger partial charge in [-0.3, -0.25) is 0 Å². The number of hydrogen-bond donors (Lipinski definition) is 0. The minimum absolute atomic E-state index is 0.162. The van der Waals surface area contributed by atoms with Crippen LogP contribution in [0.4, 0.5) is 4.39 Å². The molecule has 0 N–H and O–H groups in total. The van der Waals surface area contributed by atoms with Gasteiger partial charge in [-0.05, 0) is 31.2 Å². The average molecular weight is 414 g/mol. The Labute approximate surface area is 163 Å². The van der Waals surface area contributed by atoms with Crippen molar-refractivity contribution in [3.8, 4) is 0 Å². The van der Waals surface area contributed by atoms with Crippen molar-refractivity contribution in [1.29, 1.82) is 0 Å². The Morgan fingerprint density at radius 2 is 1.81 bits per heavy atom. The van der Waals surface area contributed by atoms with E-state index in [-0.39, 0.29) is 18.0 Å². The largest absolute Gasteiger partial charge is 0.454 e. The quantitative estimate of drug-likeness (QED) is 0.630. The number of benzene rings is 2. The lowest BCUT2D eigenvalue weighted by Crippen LogP contribution is -2.30. The van der Waals surface area contributed by atoms with E-state index in [9.17, 15) is 17.6 Å². The maximum Gasteiger partial charge on any atom is 0.341 e. The van der Waals surface area contributed by atoms with Crippen molar-refractivity contribution in [2.45, 2.75) is 31.8 Å². The molecule has 2 aromatic carbocycles. The summed E-state index contributed by atoms with van der Waals surface area (Å²) in [5.74, 6) is -1.82. The molecule has 0 aliphatic carbocycles. The number of hydrogen-bond acceptors (Lipinski definition) is 4. The van der Waals surface area contributed by atoms with Crippen LogP contribution < -0.4 is 0 Å². The first-order valence-corrected chi connectivity index (χ1v) is 10.3. The molecule has 0 spiro atoms. The molecule has 0 aliphatic rings. The zero-order valence-electron chi connectivity index (χ0n) is 15.3. The second-order valence-electron chi connectivity index (χ2n) is 5.80. The van der Waals surface area contributed by atoms with Gasteiger partial charge >= 0.3 is 5.97 Å². The zero-order valence-corrected chi connectivity index (χ0v) is 16.8. The van der Waals surface area contributed by atoms with Crippen molar-refractivity contribution < 1.29 is 22.3 Å². The molecule has 27 heavy (non-hydrogen) atoms. The first-order chi connectivity index (χ1) is 12.7. The fraction of sp³-hybridized carbons (Fsp3) is 0.316. The topological polar surface area (TPSA) is 63.7 Å². The predicted molar refractivity (Wildman–Crippen MR) is 102 cm³/mol. The SMILES string of the molecule is CCN(CC)S(=O)(=O)c1ccc(F)c(C(=O)OC(C)c2ccccc2Cl)c1. The van der Waals surface area contributed by atoms with E-state index in [4.69, 9.17) is 16.3 Å². The predicted octanol–water partition coefficient (Wildman–Crippen LogP) is 4.43. The van der Waals surface area contributed by atoms with E-state index < -0.39 is 33.5 Å². The molecule has 5 nitrogen and oxygen atoms in total. The van der Waals surface area contributed by atoms with Crippen molar-refractivity contribution >= 4 is 27.6 Å². The van der Waals surface area contributed by atoms with E-state index in [0.717, 1.165) is 18.2 Å². The number of esters is 1. The summed E-state index contributed by atoms with van der Waals surface area (Å²) in [7, 11) is -3.82. The number of rotatable bonds is 7. The van der Waals surface area contributed by atoms with Crippen molar-refractivity contribution in [2.24, 2.45) is 0 Å².